The molecule has 2 heterocycles. The summed E-state index contributed by atoms with van der Waals surface area (Å²) in [6.07, 6.45) is 3.49. The second kappa shape index (κ2) is 8.60. The number of rotatable bonds is 6. The molecule has 0 spiro atoms. The number of nitrogens with zero attached hydrogens (tertiary/aromatic N) is 2. The van der Waals surface area contributed by atoms with Gasteiger partial charge in [0.2, 0.25) is 5.91 Å². The van der Waals surface area contributed by atoms with Crippen molar-refractivity contribution in [2.45, 2.75) is 37.9 Å². The van der Waals surface area contributed by atoms with Crippen LogP contribution in [0.2, 0.25) is 0 Å². The first-order chi connectivity index (χ1) is 11.7. The van der Waals surface area contributed by atoms with E-state index in [1.165, 1.54) is 0 Å². The van der Waals surface area contributed by atoms with Gasteiger partial charge in [0.25, 0.3) is 0 Å². The molecule has 0 radical (unpaired) electrons. The predicted octanol–water partition coefficient (Wildman–Crippen LogP) is 1.82. The van der Waals surface area contributed by atoms with Gasteiger partial charge in [0.1, 0.15) is 0 Å². The van der Waals surface area contributed by atoms with E-state index in [1.807, 2.05) is 35.2 Å². The molecule has 2 saturated heterocycles. The summed E-state index contributed by atoms with van der Waals surface area (Å²) in [5, 5.41) is 10.3. The summed E-state index contributed by atoms with van der Waals surface area (Å²) in [7, 11) is 0. The largest absolute Gasteiger partial charge is 0.387 e. The van der Waals surface area contributed by atoms with E-state index in [9.17, 15) is 9.90 Å². The van der Waals surface area contributed by atoms with E-state index in [0.717, 1.165) is 57.6 Å². The molecular formula is C19H28N2O3. The molecule has 1 N–H and O–H groups in total. The van der Waals surface area contributed by atoms with Crippen LogP contribution in [0.5, 0.6) is 0 Å². The van der Waals surface area contributed by atoms with Crippen molar-refractivity contribution >= 4 is 5.91 Å². The molecule has 2 fully saturated rings. The summed E-state index contributed by atoms with van der Waals surface area (Å²) in [5.41, 5.74) is 0.951. The number of carbonyl (C=O) groups is 1. The number of β-amino-alcohol motifs (C(OH)–C–C–N with tert-alkyl or cyclic N) is 1. The molecule has 0 unspecified atom stereocenters. The van der Waals surface area contributed by atoms with Gasteiger partial charge in [-0.1, -0.05) is 30.3 Å². The summed E-state index contributed by atoms with van der Waals surface area (Å²) in [5.74, 6) is 0.244. The molecule has 1 amide bonds. The van der Waals surface area contributed by atoms with E-state index in [2.05, 4.69) is 4.90 Å². The maximum atomic E-state index is 12.3. The van der Waals surface area contributed by atoms with Crippen LogP contribution in [0.15, 0.2) is 30.3 Å². The van der Waals surface area contributed by atoms with Gasteiger partial charge in [-0.2, -0.15) is 0 Å². The highest BCUT2D eigenvalue weighted by Gasteiger charge is 2.24. The van der Waals surface area contributed by atoms with Crippen molar-refractivity contribution < 1.29 is 14.6 Å². The minimum absolute atomic E-state index is 0.244. The van der Waals surface area contributed by atoms with E-state index < -0.39 is 6.10 Å². The molecule has 2 atom stereocenters. The lowest BCUT2D eigenvalue weighted by Crippen LogP contribution is -2.49. The molecule has 1 aromatic carbocycles. The fourth-order valence-electron chi connectivity index (χ4n) is 3.52. The number of aliphatic hydroxyl groups is 1. The molecule has 24 heavy (non-hydrogen) atoms. The second-order valence-corrected chi connectivity index (χ2v) is 6.78. The van der Waals surface area contributed by atoms with Crippen molar-refractivity contribution in [1.82, 2.24) is 9.80 Å². The molecule has 0 aliphatic carbocycles. The van der Waals surface area contributed by atoms with Crippen molar-refractivity contribution in [3.8, 4) is 0 Å². The van der Waals surface area contributed by atoms with Crippen LogP contribution in [-0.4, -0.2) is 66.2 Å². The van der Waals surface area contributed by atoms with Crippen LogP contribution >= 0.6 is 0 Å². The lowest BCUT2D eigenvalue weighted by atomic mass is 10.1. The Labute approximate surface area is 144 Å². The van der Waals surface area contributed by atoms with Gasteiger partial charge in [-0.05, 0) is 24.8 Å². The standard InChI is InChI=1S/C19H28N2O3/c22-18(16-5-2-1-3-6-16)15-20-10-12-21(13-11-20)19(23)9-8-17-7-4-14-24-17/h1-3,5-6,17-18,22H,4,7-15H2/t17-,18-/m1/s1. The Bertz CT molecular complexity index is 509. The van der Waals surface area contributed by atoms with Gasteiger partial charge in [-0.3, -0.25) is 9.69 Å². The third-order valence-corrected chi connectivity index (χ3v) is 5.04. The highest BCUT2D eigenvalue weighted by Crippen LogP contribution is 2.18. The normalized spacial score (nSPS) is 23.4. The van der Waals surface area contributed by atoms with E-state index in [-0.39, 0.29) is 12.0 Å². The summed E-state index contributed by atoms with van der Waals surface area (Å²) < 4.78 is 5.59. The van der Waals surface area contributed by atoms with Crippen LogP contribution in [0.3, 0.4) is 0 Å². The monoisotopic (exact) mass is 332 g/mol. The van der Waals surface area contributed by atoms with Gasteiger partial charge >= 0.3 is 0 Å². The van der Waals surface area contributed by atoms with Crippen LogP contribution in [0.1, 0.15) is 37.4 Å². The number of hydrogen-bond donors (Lipinski definition) is 1. The Hall–Kier alpha value is -1.43. The van der Waals surface area contributed by atoms with Crippen molar-refractivity contribution in [1.29, 1.82) is 0 Å². The molecule has 3 rings (SSSR count). The summed E-state index contributed by atoms with van der Waals surface area (Å²) >= 11 is 0. The molecule has 0 aromatic heterocycles. The van der Waals surface area contributed by atoms with Crippen LogP contribution in [0.4, 0.5) is 0 Å². The van der Waals surface area contributed by atoms with Crippen molar-refractivity contribution in [2.24, 2.45) is 0 Å². The zero-order valence-electron chi connectivity index (χ0n) is 14.3. The number of aliphatic hydroxyl groups excluding tert-OH is 1. The number of benzene rings is 1. The van der Waals surface area contributed by atoms with Crippen LogP contribution in [0, 0.1) is 0 Å². The van der Waals surface area contributed by atoms with Gasteiger partial charge in [-0.15, -0.1) is 0 Å². The first-order valence-electron chi connectivity index (χ1n) is 9.07. The first kappa shape index (κ1) is 17.4. The fourth-order valence-corrected chi connectivity index (χ4v) is 3.52. The van der Waals surface area contributed by atoms with Crippen LogP contribution < -0.4 is 0 Å². The topological polar surface area (TPSA) is 53.0 Å². The summed E-state index contributed by atoms with van der Waals surface area (Å²) in [6, 6.07) is 9.76. The van der Waals surface area contributed by atoms with E-state index in [0.29, 0.717) is 13.0 Å². The predicted molar refractivity (Wildman–Crippen MR) is 92.6 cm³/mol. The second-order valence-electron chi connectivity index (χ2n) is 6.78. The van der Waals surface area contributed by atoms with Crippen LogP contribution in [-0.2, 0) is 9.53 Å². The third kappa shape index (κ3) is 4.79. The minimum Gasteiger partial charge on any atom is -0.387 e. The molecule has 132 valence electrons. The van der Waals surface area contributed by atoms with Crippen molar-refractivity contribution in [2.75, 3.05) is 39.3 Å². The summed E-state index contributed by atoms with van der Waals surface area (Å²) in [4.78, 5) is 16.5. The Morgan fingerprint density at radius 3 is 2.62 bits per heavy atom. The number of amides is 1. The van der Waals surface area contributed by atoms with Crippen molar-refractivity contribution in [3.05, 3.63) is 35.9 Å². The molecule has 5 heteroatoms. The Balaban J connectivity index is 1.38. The molecule has 0 bridgehead atoms. The maximum Gasteiger partial charge on any atom is 0.222 e. The van der Waals surface area contributed by atoms with Gasteiger partial charge in [0, 0.05) is 45.8 Å². The zero-order chi connectivity index (χ0) is 16.8. The molecule has 2 aliphatic heterocycles. The highest BCUT2D eigenvalue weighted by atomic mass is 16.5. The van der Waals surface area contributed by atoms with Crippen molar-refractivity contribution in [3.63, 3.8) is 0 Å². The Morgan fingerprint density at radius 1 is 1.21 bits per heavy atom. The Kier molecular flexibility index (Phi) is 6.24. The molecule has 2 aliphatic rings. The number of carbonyl (C=O) groups excluding carboxylic acids is 1. The third-order valence-electron chi connectivity index (χ3n) is 5.04. The number of piperazine rings is 1. The van der Waals surface area contributed by atoms with E-state index in [4.69, 9.17) is 4.74 Å². The Morgan fingerprint density at radius 2 is 1.96 bits per heavy atom. The molecule has 1 aromatic rings. The molecular weight excluding hydrogens is 304 g/mol. The van der Waals surface area contributed by atoms with Gasteiger partial charge in [-0.25, -0.2) is 0 Å². The van der Waals surface area contributed by atoms with Crippen LogP contribution in [0.25, 0.3) is 0 Å². The smallest absolute Gasteiger partial charge is 0.222 e. The maximum absolute atomic E-state index is 12.3. The lowest BCUT2D eigenvalue weighted by molar-refractivity contribution is -0.133. The van der Waals surface area contributed by atoms with E-state index >= 15 is 0 Å². The van der Waals surface area contributed by atoms with E-state index in [1.54, 1.807) is 0 Å². The first-order valence-corrected chi connectivity index (χ1v) is 9.07. The lowest BCUT2D eigenvalue weighted by Gasteiger charge is -2.35. The molecule has 5 nitrogen and oxygen atoms in total. The number of ether oxygens (including phenoxy) is 1. The fraction of sp³-hybridized carbons (Fsp3) is 0.632. The van der Waals surface area contributed by atoms with Gasteiger partial charge in [0.15, 0.2) is 0 Å². The van der Waals surface area contributed by atoms with Gasteiger partial charge < -0.3 is 14.7 Å². The highest BCUT2D eigenvalue weighted by molar-refractivity contribution is 5.76. The van der Waals surface area contributed by atoms with Gasteiger partial charge in [0.05, 0.1) is 12.2 Å². The average Bonchev–Trinajstić information content (AvgIpc) is 3.14. The minimum atomic E-state index is -0.465. The quantitative estimate of drug-likeness (QED) is 0.863. The average molecular weight is 332 g/mol. The summed E-state index contributed by atoms with van der Waals surface area (Å²) in [6.45, 7) is 4.64. The SMILES string of the molecule is O=C(CC[C@H]1CCCO1)N1CCN(C[C@@H](O)c2ccccc2)CC1. The zero-order valence-corrected chi connectivity index (χ0v) is 14.3. The number of hydrogen-bond acceptors (Lipinski definition) is 4. The molecule has 0 saturated carbocycles.